The topological polar surface area (TPSA) is 37.8 Å². The fraction of sp³-hybridized carbons (Fsp3) is 0.222. The van der Waals surface area contributed by atoms with Crippen LogP contribution in [0.5, 0.6) is 0 Å². The summed E-state index contributed by atoms with van der Waals surface area (Å²) in [5, 5.41) is 4.70. The van der Waals surface area contributed by atoms with Crippen molar-refractivity contribution in [3.8, 4) is 0 Å². The molecule has 0 saturated carbocycles. The number of para-hydroxylation sites is 1. The van der Waals surface area contributed by atoms with Crippen molar-refractivity contribution in [3.05, 3.63) is 71.2 Å². The summed E-state index contributed by atoms with van der Waals surface area (Å²) in [6.07, 6.45) is 1.84. The third kappa shape index (κ3) is 3.09. The van der Waals surface area contributed by atoms with Crippen LogP contribution in [0.2, 0.25) is 0 Å². The molecule has 2 heterocycles. The lowest BCUT2D eigenvalue weighted by Crippen LogP contribution is -2.15. The van der Waals surface area contributed by atoms with Crippen LogP contribution in [-0.4, -0.2) is 9.97 Å². The molecule has 3 nitrogen and oxygen atoms in total. The molecule has 0 saturated heterocycles. The van der Waals surface area contributed by atoms with E-state index in [4.69, 9.17) is 0 Å². The van der Waals surface area contributed by atoms with Gasteiger partial charge in [-0.3, -0.25) is 9.97 Å². The maximum absolute atomic E-state index is 4.58. The molecular formula is C18H19N3. The van der Waals surface area contributed by atoms with Crippen molar-refractivity contribution in [3.63, 3.8) is 0 Å². The zero-order valence-corrected chi connectivity index (χ0v) is 12.4. The highest BCUT2D eigenvalue weighted by molar-refractivity contribution is 5.82. The first-order valence-electron chi connectivity index (χ1n) is 7.20. The molecule has 3 aromatic rings. The van der Waals surface area contributed by atoms with Crippen LogP contribution in [0.25, 0.3) is 10.9 Å². The number of nitrogens with one attached hydrogen (secondary N) is 1. The number of hydrogen-bond donors (Lipinski definition) is 1. The first-order valence-corrected chi connectivity index (χ1v) is 7.20. The second-order valence-corrected chi connectivity index (χ2v) is 5.31. The van der Waals surface area contributed by atoms with Crippen LogP contribution in [0.1, 0.15) is 22.5 Å². The Hall–Kier alpha value is -2.26. The Morgan fingerprint density at radius 3 is 2.71 bits per heavy atom. The third-order valence-electron chi connectivity index (χ3n) is 3.66. The quantitative estimate of drug-likeness (QED) is 0.792. The zero-order chi connectivity index (χ0) is 14.7. The van der Waals surface area contributed by atoms with Crippen LogP contribution >= 0.6 is 0 Å². The largest absolute Gasteiger partial charge is 0.307 e. The molecule has 0 unspecified atom stereocenters. The van der Waals surface area contributed by atoms with Crippen molar-refractivity contribution in [1.82, 2.24) is 15.3 Å². The van der Waals surface area contributed by atoms with Crippen LogP contribution in [0.15, 0.2) is 48.7 Å². The maximum Gasteiger partial charge on any atom is 0.0708 e. The lowest BCUT2D eigenvalue weighted by Gasteiger charge is -2.10. The molecule has 0 aliphatic rings. The standard InChI is InChI=1S/C18H19N3/c1-13-6-5-9-20-18(13)12-19-11-15-10-14(2)21-17-8-4-3-7-16(15)17/h3-10,19H,11-12H2,1-2H3. The fourth-order valence-electron chi connectivity index (χ4n) is 2.56. The van der Waals surface area contributed by atoms with Crippen LogP contribution in [0, 0.1) is 13.8 Å². The lowest BCUT2D eigenvalue weighted by molar-refractivity contribution is 0.678. The van der Waals surface area contributed by atoms with Gasteiger partial charge in [0.1, 0.15) is 0 Å². The number of pyridine rings is 2. The van der Waals surface area contributed by atoms with E-state index >= 15 is 0 Å². The monoisotopic (exact) mass is 277 g/mol. The molecule has 0 aliphatic heterocycles. The van der Waals surface area contributed by atoms with Crippen molar-refractivity contribution >= 4 is 10.9 Å². The minimum absolute atomic E-state index is 0.780. The first-order chi connectivity index (χ1) is 10.2. The molecule has 0 atom stereocenters. The van der Waals surface area contributed by atoms with E-state index in [1.807, 2.05) is 25.3 Å². The molecule has 1 N–H and O–H groups in total. The second kappa shape index (κ2) is 6.02. The van der Waals surface area contributed by atoms with Crippen molar-refractivity contribution < 1.29 is 0 Å². The Labute approximate surface area is 125 Å². The molecule has 3 heteroatoms. The van der Waals surface area contributed by atoms with Crippen molar-refractivity contribution in [2.24, 2.45) is 0 Å². The van der Waals surface area contributed by atoms with Crippen LogP contribution < -0.4 is 5.32 Å². The summed E-state index contributed by atoms with van der Waals surface area (Å²) >= 11 is 0. The number of fused-ring (bicyclic) bond motifs is 1. The van der Waals surface area contributed by atoms with E-state index < -0.39 is 0 Å². The summed E-state index contributed by atoms with van der Waals surface area (Å²) in [7, 11) is 0. The predicted octanol–water partition coefficient (Wildman–Crippen LogP) is 3.54. The second-order valence-electron chi connectivity index (χ2n) is 5.31. The van der Waals surface area contributed by atoms with Gasteiger partial charge in [0.15, 0.2) is 0 Å². The first kappa shape index (κ1) is 13.7. The Morgan fingerprint density at radius 2 is 1.86 bits per heavy atom. The fourth-order valence-corrected chi connectivity index (χ4v) is 2.56. The Balaban J connectivity index is 1.78. The van der Waals surface area contributed by atoms with Gasteiger partial charge in [0.2, 0.25) is 0 Å². The molecule has 0 bridgehead atoms. The molecule has 0 radical (unpaired) electrons. The summed E-state index contributed by atoms with van der Waals surface area (Å²) < 4.78 is 0. The Morgan fingerprint density at radius 1 is 1.00 bits per heavy atom. The molecule has 1 aromatic carbocycles. The lowest BCUT2D eigenvalue weighted by atomic mass is 10.1. The van der Waals surface area contributed by atoms with Gasteiger partial charge < -0.3 is 5.32 Å². The van der Waals surface area contributed by atoms with Crippen molar-refractivity contribution in [1.29, 1.82) is 0 Å². The van der Waals surface area contributed by atoms with E-state index in [0.717, 1.165) is 30.0 Å². The van der Waals surface area contributed by atoms with Crippen LogP contribution in [0.3, 0.4) is 0 Å². The molecule has 0 aliphatic carbocycles. The predicted molar refractivity (Wildman–Crippen MR) is 86.0 cm³/mol. The summed E-state index contributed by atoms with van der Waals surface area (Å²) in [6, 6.07) is 14.5. The molecule has 2 aromatic heterocycles. The molecule has 3 rings (SSSR count). The van der Waals surface area contributed by atoms with Gasteiger partial charge >= 0.3 is 0 Å². The smallest absolute Gasteiger partial charge is 0.0708 e. The van der Waals surface area contributed by atoms with Gasteiger partial charge in [0, 0.05) is 30.4 Å². The summed E-state index contributed by atoms with van der Waals surface area (Å²) in [6.45, 7) is 5.73. The van der Waals surface area contributed by atoms with E-state index in [1.54, 1.807) is 0 Å². The maximum atomic E-state index is 4.58. The van der Waals surface area contributed by atoms with E-state index in [0.29, 0.717) is 0 Å². The van der Waals surface area contributed by atoms with E-state index in [-0.39, 0.29) is 0 Å². The van der Waals surface area contributed by atoms with Gasteiger partial charge in [-0.05, 0) is 43.2 Å². The van der Waals surface area contributed by atoms with E-state index in [2.05, 4.69) is 52.5 Å². The molecular weight excluding hydrogens is 258 g/mol. The number of aryl methyl sites for hydroxylation is 2. The van der Waals surface area contributed by atoms with E-state index in [1.165, 1.54) is 16.5 Å². The Bertz CT molecular complexity index is 765. The molecule has 0 fully saturated rings. The van der Waals surface area contributed by atoms with Crippen molar-refractivity contribution in [2.75, 3.05) is 0 Å². The Kier molecular flexibility index (Phi) is 3.93. The molecule has 21 heavy (non-hydrogen) atoms. The van der Waals surface area contributed by atoms with Gasteiger partial charge in [-0.1, -0.05) is 24.3 Å². The van der Waals surface area contributed by atoms with Gasteiger partial charge in [0.25, 0.3) is 0 Å². The number of rotatable bonds is 4. The highest BCUT2D eigenvalue weighted by Gasteiger charge is 2.04. The highest BCUT2D eigenvalue weighted by atomic mass is 14.9. The number of benzene rings is 1. The minimum Gasteiger partial charge on any atom is -0.307 e. The van der Waals surface area contributed by atoms with E-state index in [9.17, 15) is 0 Å². The molecule has 0 spiro atoms. The average molecular weight is 277 g/mol. The van der Waals surface area contributed by atoms with Gasteiger partial charge in [-0.2, -0.15) is 0 Å². The molecule has 106 valence electrons. The van der Waals surface area contributed by atoms with Crippen molar-refractivity contribution in [2.45, 2.75) is 26.9 Å². The number of nitrogens with zero attached hydrogens (tertiary/aromatic N) is 2. The van der Waals surface area contributed by atoms with Crippen LogP contribution in [0.4, 0.5) is 0 Å². The summed E-state index contributed by atoms with van der Waals surface area (Å²) in [5.41, 5.74) is 5.72. The van der Waals surface area contributed by atoms with Crippen LogP contribution in [-0.2, 0) is 13.1 Å². The summed E-state index contributed by atoms with van der Waals surface area (Å²) in [5.74, 6) is 0. The van der Waals surface area contributed by atoms with Gasteiger partial charge in [-0.25, -0.2) is 0 Å². The normalized spacial score (nSPS) is 11.0. The average Bonchev–Trinajstić information content (AvgIpc) is 2.49. The van der Waals surface area contributed by atoms with Gasteiger partial charge in [-0.15, -0.1) is 0 Å². The molecule has 0 amide bonds. The minimum atomic E-state index is 0.780. The zero-order valence-electron chi connectivity index (χ0n) is 12.4. The highest BCUT2D eigenvalue weighted by Crippen LogP contribution is 2.18. The van der Waals surface area contributed by atoms with Gasteiger partial charge in [0.05, 0.1) is 11.2 Å². The SMILES string of the molecule is Cc1cc(CNCc2ncccc2C)c2ccccc2n1. The third-order valence-corrected chi connectivity index (χ3v) is 3.66. The summed E-state index contributed by atoms with van der Waals surface area (Å²) in [4.78, 5) is 8.99. The number of aromatic nitrogens is 2. The number of hydrogen-bond acceptors (Lipinski definition) is 3.